The molecular formula is C23H47CrNO2. The fourth-order valence-corrected chi connectivity index (χ4v) is 4.30. The number of amides is 1. The number of carbonyl (C=O) groups is 1. The van der Waals surface area contributed by atoms with Crippen LogP contribution in [0, 0.1) is 5.41 Å². The van der Waals surface area contributed by atoms with E-state index in [1.165, 1.54) is 61.9 Å². The summed E-state index contributed by atoms with van der Waals surface area (Å²) in [4.78, 5) is 12.3. The molecule has 0 fully saturated rings. The van der Waals surface area contributed by atoms with E-state index < -0.39 is 0 Å². The average molecular weight is 422 g/mol. The third-order valence-electron chi connectivity index (χ3n) is 4.82. The molecule has 0 saturated carbocycles. The summed E-state index contributed by atoms with van der Waals surface area (Å²) in [7, 11) is 0. The summed E-state index contributed by atoms with van der Waals surface area (Å²) in [6, 6.07) is 0.0863. The van der Waals surface area contributed by atoms with Crippen LogP contribution in [0.5, 0.6) is 0 Å². The predicted octanol–water partition coefficient (Wildman–Crippen LogP) is 6.78. The number of unbranched alkanes of at least 4 members (excludes halogenated alkanes) is 7. The zero-order valence-electron chi connectivity index (χ0n) is 19.1. The van der Waals surface area contributed by atoms with E-state index in [1.807, 2.05) is 20.8 Å². The fraction of sp³-hybridized carbons (Fsp3) is 0.957. The van der Waals surface area contributed by atoms with E-state index in [0.717, 1.165) is 19.4 Å². The molecule has 0 aromatic carbocycles. The van der Waals surface area contributed by atoms with Gasteiger partial charge in [0.2, 0.25) is 0 Å². The van der Waals surface area contributed by atoms with Crippen molar-refractivity contribution in [3.8, 4) is 0 Å². The zero-order chi connectivity index (χ0) is 20.5. The Bertz CT molecular complexity index is 355. The van der Waals surface area contributed by atoms with Gasteiger partial charge in [-0.15, -0.1) is 0 Å². The quantitative estimate of drug-likeness (QED) is 0.263. The van der Waals surface area contributed by atoms with Crippen molar-refractivity contribution in [1.29, 1.82) is 0 Å². The second kappa shape index (κ2) is 16.9. The van der Waals surface area contributed by atoms with Gasteiger partial charge in [0.15, 0.2) is 0 Å². The van der Waals surface area contributed by atoms with Gasteiger partial charge in [0, 0.05) is 0 Å². The molecule has 0 aliphatic carbocycles. The Kier molecular flexibility index (Phi) is 16.9. The number of hydrogen-bond acceptors (Lipinski definition) is 2. The van der Waals surface area contributed by atoms with Crippen LogP contribution in [0.1, 0.15) is 106 Å². The molecule has 0 heterocycles. The molecule has 1 N–H and O–H groups in total. The summed E-state index contributed by atoms with van der Waals surface area (Å²) in [6.45, 7) is 13.4. The molecule has 2 unspecified atom stereocenters. The molecule has 0 aliphatic rings. The first-order valence-corrected chi connectivity index (χ1v) is 13.1. The molecular weight excluding hydrogens is 374 g/mol. The van der Waals surface area contributed by atoms with Crippen molar-refractivity contribution in [3.63, 3.8) is 0 Å². The van der Waals surface area contributed by atoms with Gasteiger partial charge in [-0.05, 0) is 0 Å². The summed E-state index contributed by atoms with van der Waals surface area (Å²) in [5.41, 5.74) is -0.345. The standard InChI is InChI=1S/C20H40NO2.C3H7.Cr/c1-7-9-10-11-12-13-14-15-16-23-18(8-2)17(3)21-19(22)20(4,5)6;1-3-2;/h17-18H,2,7-16H2,1,3-6H3,(H,21,22);1,3H2,2H3;. The third kappa shape index (κ3) is 15.6. The van der Waals surface area contributed by atoms with Crippen molar-refractivity contribution < 1.29 is 24.8 Å². The number of hydrogen-bond donors (Lipinski definition) is 1. The molecule has 0 aliphatic heterocycles. The summed E-state index contributed by atoms with van der Waals surface area (Å²) in [6.07, 6.45) is 13.1. The van der Waals surface area contributed by atoms with Crippen LogP contribution in [0.3, 0.4) is 0 Å². The Morgan fingerprint density at radius 2 is 1.52 bits per heavy atom. The van der Waals surface area contributed by atoms with Crippen molar-refractivity contribution in [2.45, 2.75) is 128 Å². The molecule has 2 atom stereocenters. The number of carbonyl (C=O) groups excluding carboxylic acids is 1. The van der Waals surface area contributed by atoms with Gasteiger partial charge in [0.25, 0.3) is 0 Å². The predicted molar refractivity (Wildman–Crippen MR) is 114 cm³/mol. The molecule has 0 spiro atoms. The van der Waals surface area contributed by atoms with Crippen molar-refractivity contribution in [1.82, 2.24) is 5.32 Å². The van der Waals surface area contributed by atoms with E-state index in [0.29, 0.717) is 15.2 Å². The monoisotopic (exact) mass is 421 g/mol. The minimum atomic E-state index is -0.345. The van der Waals surface area contributed by atoms with Gasteiger partial charge in [-0.2, -0.15) is 0 Å². The summed E-state index contributed by atoms with van der Waals surface area (Å²) in [5.74, 6) is 0.120. The SMILES string of the molecule is CCCCCCCCCCOC(C[CH2][Cr][CH2]CC)C(C)NC(=O)C(C)(C)C. The van der Waals surface area contributed by atoms with E-state index in [1.54, 1.807) is 0 Å². The van der Waals surface area contributed by atoms with E-state index in [9.17, 15) is 4.79 Å². The molecule has 0 radical (unpaired) electrons. The first-order valence-electron chi connectivity index (χ1n) is 11.3. The topological polar surface area (TPSA) is 38.3 Å². The normalized spacial score (nSPS) is 14.1. The Labute approximate surface area is 176 Å². The third-order valence-corrected chi connectivity index (χ3v) is 6.73. The molecule has 3 nitrogen and oxygen atoms in total. The maximum atomic E-state index is 12.3. The molecule has 0 saturated heterocycles. The molecule has 4 heteroatoms. The minimum absolute atomic E-state index is 0.0863. The first-order chi connectivity index (χ1) is 12.8. The Balaban J connectivity index is 4.17. The number of ether oxygens (including phenoxy) is 1. The van der Waals surface area contributed by atoms with Crippen LogP contribution in [-0.2, 0) is 24.8 Å². The van der Waals surface area contributed by atoms with Crippen molar-refractivity contribution >= 4 is 5.91 Å². The van der Waals surface area contributed by atoms with E-state index >= 15 is 0 Å². The molecule has 0 aromatic heterocycles. The first kappa shape index (κ1) is 27.0. The van der Waals surface area contributed by atoms with E-state index in [4.69, 9.17) is 4.74 Å². The Morgan fingerprint density at radius 1 is 0.926 bits per heavy atom. The molecule has 27 heavy (non-hydrogen) atoms. The molecule has 162 valence electrons. The van der Waals surface area contributed by atoms with Crippen LogP contribution in [0.25, 0.3) is 0 Å². The number of nitrogens with one attached hydrogen (secondary N) is 1. The second-order valence-corrected chi connectivity index (χ2v) is 10.7. The van der Waals surface area contributed by atoms with Crippen molar-refractivity contribution in [2.24, 2.45) is 5.41 Å². The van der Waals surface area contributed by atoms with Gasteiger partial charge in [-0.25, -0.2) is 0 Å². The van der Waals surface area contributed by atoms with Crippen LogP contribution >= 0.6 is 0 Å². The molecule has 0 rings (SSSR count). The zero-order valence-corrected chi connectivity index (χ0v) is 20.3. The summed E-state index contributed by atoms with van der Waals surface area (Å²) in [5, 5.41) is 5.78. The average Bonchev–Trinajstić information content (AvgIpc) is 2.61. The number of rotatable bonds is 17. The molecule has 1 amide bonds. The maximum absolute atomic E-state index is 12.3. The molecule has 0 bridgehead atoms. The van der Waals surface area contributed by atoms with Gasteiger partial charge in [0.05, 0.1) is 0 Å². The molecule has 0 aromatic rings. The Hall–Kier alpha value is -0.0375. The van der Waals surface area contributed by atoms with Crippen LogP contribution in [0.4, 0.5) is 0 Å². The van der Waals surface area contributed by atoms with Gasteiger partial charge in [-0.3, -0.25) is 0 Å². The van der Waals surface area contributed by atoms with Crippen LogP contribution < -0.4 is 5.32 Å². The van der Waals surface area contributed by atoms with Crippen molar-refractivity contribution in [3.05, 3.63) is 0 Å². The van der Waals surface area contributed by atoms with Crippen LogP contribution in [-0.4, -0.2) is 24.7 Å². The van der Waals surface area contributed by atoms with E-state index in [-0.39, 0.29) is 23.5 Å². The Morgan fingerprint density at radius 3 is 2.07 bits per heavy atom. The fourth-order valence-electron chi connectivity index (χ4n) is 2.91. The van der Waals surface area contributed by atoms with Gasteiger partial charge in [-0.1, -0.05) is 13.3 Å². The summed E-state index contributed by atoms with van der Waals surface area (Å²) < 4.78 is 6.24. The summed E-state index contributed by atoms with van der Waals surface area (Å²) >= 11 is 0.711. The van der Waals surface area contributed by atoms with Crippen LogP contribution in [0.2, 0.25) is 10.6 Å². The van der Waals surface area contributed by atoms with Gasteiger partial charge < -0.3 is 0 Å². The van der Waals surface area contributed by atoms with Crippen LogP contribution in [0.15, 0.2) is 0 Å². The second-order valence-electron chi connectivity index (χ2n) is 8.80. The van der Waals surface area contributed by atoms with Crippen molar-refractivity contribution in [2.75, 3.05) is 6.61 Å². The van der Waals surface area contributed by atoms with E-state index in [2.05, 4.69) is 26.1 Å². The van der Waals surface area contributed by atoms with Gasteiger partial charge in [0.1, 0.15) is 0 Å². The van der Waals surface area contributed by atoms with Gasteiger partial charge >= 0.3 is 163 Å².